The van der Waals surface area contributed by atoms with Crippen LogP contribution in [0.15, 0.2) is 24.8 Å². The fourth-order valence-corrected chi connectivity index (χ4v) is 3.27. The molecular formula is C18H21F3N6O2. The van der Waals surface area contributed by atoms with Crippen LogP contribution in [0.3, 0.4) is 0 Å². The number of aromatic nitrogens is 4. The quantitative estimate of drug-likeness (QED) is 0.830. The maximum Gasteiger partial charge on any atom is 0.433 e. The maximum atomic E-state index is 12.7. The summed E-state index contributed by atoms with van der Waals surface area (Å²) in [5, 5.41) is 6.77. The zero-order chi connectivity index (χ0) is 21.0. The van der Waals surface area contributed by atoms with E-state index in [0.717, 1.165) is 12.1 Å². The number of nitrogens with one attached hydrogen (secondary N) is 1. The third-order valence-corrected chi connectivity index (χ3v) is 4.80. The highest BCUT2D eigenvalue weighted by Crippen LogP contribution is 2.28. The highest BCUT2D eigenvalue weighted by atomic mass is 19.4. The van der Waals surface area contributed by atoms with Gasteiger partial charge in [-0.25, -0.2) is 14.6 Å². The smallest absolute Gasteiger partial charge is 0.349 e. The molecule has 1 aliphatic rings. The van der Waals surface area contributed by atoms with Crippen molar-refractivity contribution in [2.45, 2.75) is 44.9 Å². The minimum Gasteiger partial charge on any atom is -0.349 e. The lowest BCUT2D eigenvalue weighted by Crippen LogP contribution is -2.38. The summed E-state index contributed by atoms with van der Waals surface area (Å²) in [6.45, 7) is 2.53. The van der Waals surface area contributed by atoms with Gasteiger partial charge in [-0.3, -0.25) is 9.59 Å². The summed E-state index contributed by atoms with van der Waals surface area (Å²) < 4.78 is 39.7. The highest BCUT2D eigenvalue weighted by molar-refractivity contribution is 5.95. The third kappa shape index (κ3) is 5.30. The molecule has 29 heavy (non-hydrogen) atoms. The Kier molecular flexibility index (Phi) is 6.14. The van der Waals surface area contributed by atoms with Gasteiger partial charge in [0.15, 0.2) is 0 Å². The normalized spacial score (nSPS) is 17.7. The van der Waals surface area contributed by atoms with Crippen LogP contribution >= 0.6 is 0 Å². The zero-order valence-electron chi connectivity index (χ0n) is 15.8. The largest absolute Gasteiger partial charge is 0.433 e. The van der Waals surface area contributed by atoms with E-state index in [1.165, 1.54) is 24.3 Å². The van der Waals surface area contributed by atoms with Crippen molar-refractivity contribution in [1.82, 2.24) is 30.0 Å². The van der Waals surface area contributed by atoms with Crippen LogP contribution in [0, 0.1) is 6.92 Å². The van der Waals surface area contributed by atoms with E-state index in [1.54, 1.807) is 4.90 Å². The van der Waals surface area contributed by atoms with Gasteiger partial charge in [-0.2, -0.15) is 18.3 Å². The van der Waals surface area contributed by atoms with Crippen molar-refractivity contribution in [3.63, 3.8) is 0 Å². The molecule has 8 nitrogen and oxygen atoms in total. The predicted molar refractivity (Wildman–Crippen MR) is 95.7 cm³/mol. The van der Waals surface area contributed by atoms with Gasteiger partial charge in [0.05, 0.1) is 11.3 Å². The molecule has 0 radical (unpaired) electrons. The number of nitrogens with zero attached hydrogens (tertiary/aromatic N) is 5. The van der Waals surface area contributed by atoms with Gasteiger partial charge in [-0.1, -0.05) is 0 Å². The molecule has 2 aromatic rings. The topological polar surface area (TPSA) is 93.0 Å². The Morgan fingerprint density at radius 1 is 1.24 bits per heavy atom. The molecule has 2 amide bonds. The van der Waals surface area contributed by atoms with Gasteiger partial charge in [0.1, 0.15) is 24.9 Å². The molecule has 3 heterocycles. The van der Waals surface area contributed by atoms with E-state index < -0.39 is 17.8 Å². The number of likely N-dealkylation sites (tertiary alicyclic amines) is 1. The number of hydrogen-bond donors (Lipinski definition) is 1. The minimum absolute atomic E-state index is 0.0237. The lowest BCUT2D eigenvalue weighted by Gasteiger charge is -2.21. The van der Waals surface area contributed by atoms with Crippen LogP contribution < -0.4 is 5.32 Å². The van der Waals surface area contributed by atoms with Gasteiger partial charge in [-0.05, 0) is 38.3 Å². The summed E-state index contributed by atoms with van der Waals surface area (Å²) in [4.78, 5) is 33.9. The van der Waals surface area contributed by atoms with Crippen LogP contribution in [-0.2, 0) is 17.5 Å². The van der Waals surface area contributed by atoms with Crippen molar-refractivity contribution >= 4 is 11.8 Å². The molecule has 1 saturated heterocycles. The Bertz CT molecular complexity index is 869. The van der Waals surface area contributed by atoms with Crippen LogP contribution in [0.5, 0.6) is 0 Å². The second kappa shape index (κ2) is 8.58. The summed E-state index contributed by atoms with van der Waals surface area (Å²) in [5.41, 5.74) is -0.889. The van der Waals surface area contributed by atoms with Crippen LogP contribution in [-0.4, -0.2) is 55.6 Å². The van der Waals surface area contributed by atoms with E-state index in [9.17, 15) is 22.8 Å². The molecule has 156 valence electrons. The number of rotatable bonds is 4. The first kappa shape index (κ1) is 20.7. The predicted octanol–water partition coefficient (Wildman–Crippen LogP) is 1.81. The molecule has 2 aromatic heterocycles. The van der Waals surface area contributed by atoms with Crippen LogP contribution in [0.1, 0.15) is 41.0 Å². The van der Waals surface area contributed by atoms with E-state index >= 15 is 0 Å². The van der Waals surface area contributed by atoms with Crippen molar-refractivity contribution < 1.29 is 22.8 Å². The SMILES string of the molecule is Cc1nc(C(F)(F)F)ccc1C(=O)N[C@H]1CCCN(C(=O)Cn2cncn2)CC1. The van der Waals surface area contributed by atoms with Gasteiger partial charge >= 0.3 is 6.18 Å². The van der Waals surface area contributed by atoms with E-state index in [-0.39, 0.29) is 29.8 Å². The van der Waals surface area contributed by atoms with Gasteiger partial charge in [-0.15, -0.1) is 0 Å². The molecule has 0 bridgehead atoms. The molecule has 1 fully saturated rings. The lowest BCUT2D eigenvalue weighted by atomic mass is 10.1. The number of amides is 2. The number of alkyl halides is 3. The molecule has 0 unspecified atom stereocenters. The average molecular weight is 410 g/mol. The summed E-state index contributed by atoms with van der Waals surface area (Å²) in [6.07, 6.45) is 0.216. The first-order chi connectivity index (χ1) is 13.7. The highest BCUT2D eigenvalue weighted by Gasteiger charge is 2.33. The summed E-state index contributed by atoms with van der Waals surface area (Å²) in [7, 11) is 0. The fourth-order valence-electron chi connectivity index (χ4n) is 3.27. The van der Waals surface area contributed by atoms with E-state index in [2.05, 4.69) is 20.4 Å². The number of carbonyl (C=O) groups is 2. The molecular weight excluding hydrogens is 389 g/mol. The Balaban J connectivity index is 1.57. The van der Waals surface area contributed by atoms with Gasteiger partial charge in [0.25, 0.3) is 5.91 Å². The van der Waals surface area contributed by atoms with Gasteiger partial charge in [0.2, 0.25) is 5.91 Å². The molecule has 0 aliphatic carbocycles. The maximum absolute atomic E-state index is 12.7. The average Bonchev–Trinajstić information content (AvgIpc) is 3.04. The Morgan fingerprint density at radius 3 is 2.69 bits per heavy atom. The van der Waals surface area contributed by atoms with Crippen LogP contribution in [0.2, 0.25) is 0 Å². The van der Waals surface area contributed by atoms with Crippen molar-refractivity contribution in [2.24, 2.45) is 0 Å². The summed E-state index contributed by atoms with van der Waals surface area (Å²) in [6, 6.07) is 1.78. The second-order valence-corrected chi connectivity index (χ2v) is 6.90. The van der Waals surface area contributed by atoms with Gasteiger partial charge in [0, 0.05) is 19.1 Å². The second-order valence-electron chi connectivity index (χ2n) is 6.90. The van der Waals surface area contributed by atoms with Gasteiger partial charge < -0.3 is 10.2 Å². The third-order valence-electron chi connectivity index (χ3n) is 4.80. The van der Waals surface area contributed by atoms with E-state index in [1.807, 2.05) is 0 Å². The van der Waals surface area contributed by atoms with E-state index in [0.29, 0.717) is 32.4 Å². The monoisotopic (exact) mass is 410 g/mol. The summed E-state index contributed by atoms with van der Waals surface area (Å²) in [5.74, 6) is -0.540. The Morgan fingerprint density at radius 2 is 2.03 bits per heavy atom. The molecule has 1 aliphatic heterocycles. The van der Waals surface area contributed by atoms with Crippen molar-refractivity contribution in [3.05, 3.63) is 41.7 Å². The van der Waals surface area contributed by atoms with Crippen LogP contribution in [0.25, 0.3) is 0 Å². The van der Waals surface area contributed by atoms with Crippen LogP contribution in [0.4, 0.5) is 13.2 Å². The molecule has 3 rings (SSSR count). The number of carbonyl (C=O) groups excluding carboxylic acids is 2. The molecule has 1 N–H and O–H groups in total. The Hall–Kier alpha value is -2.98. The van der Waals surface area contributed by atoms with Crippen molar-refractivity contribution in [1.29, 1.82) is 0 Å². The molecule has 11 heteroatoms. The fraction of sp³-hybridized carbons (Fsp3) is 0.500. The number of pyridine rings is 1. The molecule has 0 spiro atoms. The zero-order valence-corrected chi connectivity index (χ0v) is 15.8. The van der Waals surface area contributed by atoms with Crippen molar-refractivity contribution in [3.8, 4) is 0 Å². The number of hydrogen-bond acceptors (Lipinski definition) is 5. The lowest BCUT2D eigenvalue weighted by molar-refractivity contribution is -0.141. The molecule has 1 atom stereocenters. The minimum atomic E-state index is -4.55. The Labute approximate surface area is 165 Å². The standard InChI is InChI=1S/C18H21F3N6O2/c1-12-14(4-5-15(24-12)18(19,20)21)17(29)25-13-3-2-7-26(8-6-13)16(28)9-27-11-22-10-23-27/h4-5,10-11,13H,2-3,6-9H2,1H3,(H,25,29)/t13-/m0/s1. The van der Waals surface area contributed by atoms with Crippen molar-refractivity contribution in [2.75, 3.05) is 13.1 Å². The first-order valence-corrected chi connectivity index (χ1v) is 9.20. The summed E-state index contributed by atoms with van der Waals surface area (Å²) >= 11 is 0. The first-order valence-electron chi connectivity index (χ1n) is 9.20. The molecule has 0 saturated carbocycles. The molecule has 0 aromatic carbocycles. The van der Waals surface area contributed by atoms with E-state index in [4.69, 9.17) is 0 Å². The number of halogens is 3. The number of aryl methyl sites for hydroxylation is 1.